The number of aryl methyl sites for hydroxylation is 1. The second-order valence-electron chi connectivity index (χ2n) is 4.68. The van der Waals surface area contributed by atoms with Crippen LogP contribution in [0.2, 0.25) is 0 Å². The number of nitrogens with two attached hydrogens (primary N) is 1. The first kappa shape index (κ1) is 13.7. The molecule has 2 rings (SSSR count). The Morgan fingerprint density at radius 3 is 2.79 bits per heavy atom. The van der Waals surface area contributed by atoms with Crippen molar-refractivity contribution >= 4 is 0 Å². The van der Waals surface area contributed by atoms with E-state index in [2.05, 4.69) is 21.9 Å². The van der Waals surface area contributed by atoms with Crippen LogP contribution >= 0.6 is 0 Å². The molecule has 4 nitrogen and oxygen atoms in total. The lowest BCUT2D eigenvalue weighted by atomic mass is 10.0. The van der Waals surface area contributed by atoms with Gasteiger partial charge in [-0.1, -0.05) is 13.3 Å². The molecule has 0 aliphatic rings. The minimum atomic E-state index is -0.344. The Kier molecular flexibility index (Phi) is 4.27. The van der Waals surface area contributed by atoms with E-state index < -0.39 is 0 Å². The lowest BCUT2D eigenvalue weighted by molar-refractivity contribution is 0.594. The molecule has 0 aliphatic heterocycles. The van der Waals surface area contributed by atoms with Crippen LogP contribution in [0.15, 0.2) is 18.3 Å². The fourth-order valence-electron chi connectivity index (χ4n) is 2.16. The van der Waals surface area contributed by atoms with E-state index >= 15 is 0 Å². The maximum atomic E-state index is 12.9. The van der Waals surface area contributed by atoms with Crippen molar-refractivity contribution in [3.8, 4) is 11.4 Å². The molecule has 0 aliphatic carbocycles. The number of aromatic amines is 1. The number of hydrogen-bond donors (Lipinski definition) is 2. The topological polar surface area (TPSA) is 67.6 Å². The third kappa shape index (κ3) is 2.98. The molecule has 0 bridgehead atoms. The molecule has 0 amide bonds. The summed E-state index contributed by atoms with van der Waals surface area (Å²) < 4.78 is 12.9. The fourth-order valence-corrected chi connectivity index (χ4v) is 2.16. The molecule has 0 saturated carbocycles. The third-order valence-electron chi connectivity index (χ3n) is 3.18. The largest absolute Gasteiger partial charge is 0.345 e. The van der Waals surface area contributed by atoms with E-state index in [1.807, 2.05) is 6.92 Å². The summed E-state index contributed by atoms with van der Waals surface area (Å²) in [6.07, 6.45) is 3.26. The zero-order valence-electron chi connectivity index (χ0n) is 11.3. The smallest absolute Gasteiger partial charge is 0.141 e. The first-order valence-electron chi connectivity index (χ1n) is 6.54. The highest BCUT2D eigenvalue weighted by Gasteiger charge is 2.16. The van der Waals surface area contributed by atoms with E-state index in [1.165, 1.54) is 12.3 Å². The van der Waals surface area contributed by atoms with Gasteiger partial charge < -0.3 is 10.7 Å². The lowest BCUT2D eigenvalue weighted by Gasteiger charge is -2.09. The number of nitrogens with zero attached hydrogens (tertiary/aromatic N) is 2. The summed E-state index contributed by atoms with van der Waals surface area (Å²) in [6.45, 7) is 4.63. The monoisotopic (exact) mass is 262 g/mol. The van der Waals surface area contributed by atoms with Crippen molar-refractivity contribution in [2.24, 2.45) is 5.73 Å². The predicted octanol–water partition coefficient (Wildman–Crippen LogP) is 2.76. The summed E-state index contributed by atoms with van der Waals surface area (Å²) in [5, 5.41) is 0. The van der Waals surface area contributed by atoms with Crippen LogP contribution in [0.5, 0.6) is 0 Å². The average Bonchev–Trinajstić information content (AvgIpc) is 2.79. The SMILES string of the molecule is CCCC(CN)c1nc(-c2ccc(F)cn2)c(C)[nH]1. The Hall–Kier alpha value is -1.75. The number of nitrogens with one attached hydrogen (secondary N) is 1. The summed E-state index contributed by atoms with van der Waals surface area (Å²) in [7, 11) is 0. The summed E-state index contributed by atoms with van der Waals surface area (Å²) >= 11 is 0. The van der Waals surface area contributed by atoms with Gasteiger partial charge in [0.2, 0.25) is 0 Å². The Balaban J connectivity index is 2.32. The normalized spacial score (nSPS) is 12.6. The van der Waals surface area contributed by atoms with Crippen molar-refractivity contribution in [3.63, 3.8) is 0 Å². The molecule has 0 fully saturated rings. The first-order valence-corrected chi connectivity index (χ1v) is 6.54. The van der Waals surface area contributed by atoms with Crippen LogP contribution in [0.1, 0.15) is 37.2 Å². The third-order valence-corrected chi connectivity index (χ3v) is 3.18. The molecule has 5 heteroatoms. The molecule has 0 aromatic carbocycles. The highest BCUT2D eigenvalue weighted by Crippen LogP contribution is 2.24. The minimum Gasteiger partial charge on any atom is -0.345 e. The quantitative estimate of drug-likeness (QED) is 0.870. The zero-order chi connectivity index (χ0) is 13.8. The highest BCUT2D eigenvalue weighted by atomic mass is 19.1. The number of halogens is 1. The van der Waals surface area contributed by atoms with Gasteiger partial charge in [-0.3, -0.25) is 4.98 Å². The molecule has 0 saturated heterocycles. The van der Waals surface area contributed by atoms with Gasteiger partial charge in [-0.2, -0.15) is 0 Å². The highest BCUT2D eigenvalue weighted by molar-refractivity contribution is 5.57. The van der Waals surface area contributed by atoms with E-state index in [9.17, 15) is 4.39 Å². The second-order valence-corrected chi connectivity index (χ2v) is 4.68. The lowest BCUT2D eigenvalue weighted by Crippen LogP contribution is -2.13. The molecule has 2 heterocycles. The van der Waals surface area contributed by atoms with Gasteiger partial charge in [-0.05, 0) is 25.5 Å². The molecular weight excluding hydrogens is 243 g/mol. The molecule has 1 atom stereocenters. The minimum absolute atomic E-state index is 0.234. The molecule has 19 heavy (non-hydrogen) atoms. The van der Waals surface area contributed by atoms with E-state index in [0.717, 1.165) is 30.1 Å². The van der Waals surface area contributed by atoms with Gasteiger partial charge in [0.05, 0.1) is 11.9 Å². The van der Waals surface area contributed by atoms with Crippen LogP contribution in [-0.2, 0) is 0 Å². The predicted molar refractivity (Wildman–Crippen MR) is 73.2 cm³/mol. The fraction of sp³-hybridized carbons (Fsp3) is 0.429. The van der Waals surface area contributed by atoms with Crippen molar-refractivity contribution in [3.05, 3.63) is 35.7 Å². The molecule has 2 aromatic rings. The van der Waals surface area contributed by atoms with Gasteiger partial charge in [0, 0.05) is 18.2 Å². The number of hydrogen-bond acceptors (Lipinski definition) is 3. The molecule has 1 unspecified atom stereocenters. The van der Waals surface area contributed by atoms with E-state index in [1.54, 1.807) is 6.07 Å². The van der Waals surface area contributed by atoms with Gasteiger partial charge >= 0.3 is 0 Å². The number of rotatable bonds is 5. The van der Waals surface area contributed by atoms with Gasteiger partial charge in [0.25, 0.3) is 0 Å². The molecule has 0 spiro atoms. The Morgan fingerprint density at radius 1 is 1.42 bits per heavy atom. The van der Waals surface area contributed by atoms with Crippen LogP contribution in [0.3, 0.4) is 0 Å². The summed E-state index contributed by atoms with van der Waals surface area (Å²) in [5.41, 5.74) is 8.16. The van der Waals surface area contributed by atoms with E-state index in [-0.39, 0.29) is 11.7 Å². The Labute approximate surface area is 112 Å². The summed E-state index contributed by atoms with van der Waals surface area (Å²) in [4.78, 5) is 11.9. The molecule has 2 aromatic heterocycles. The number of imidazole rings is 1. The average molecular weight is 262 g/mol. The maximum Gasteiger partial charge on any atom is 0.141 e. The Morgan fingerprint density at radius 2 is 2.21 bits per heavy atom. The summed E-state index contributed by atoms with van der Waals surface area (Å²) in [6, 6.07) is 3.03. The van der Waals surface area contributed by atoms with Crippen molar-refractivity contribution in [1.82, 2.24) is 15.0 Å². The molecular formula is C14H19FN4. The maximum absolute atomic E-state index is 12.9. The second kappa shape index (κ2) is 5.93. The van der Waals surface area contributed by atoms with Crippen LogP contribution in [-0.4, -0.2) is 21.5 Å². The van der Waals surface area contributed by atoms with Crippen LogP contribution in [0.25, 0.3) is 11.4 Å². The van der Waals surface area contributed by atoms with E-state index in [0.29, 0.717) is 12.2 Å². The van der Waals surface area contributed by atoms with Crippen molar-refractivity contribution in [2.75, 3.05) is 6.54 Å². The van der Waals surface area contributed by atoms with Gasteiger partial charge in [0.15, 0.2) is 0 Å². The van der Waals surface area contributed by atoms with Crippen LogP contribution in [0, 0.1) is 12.7 Å². The number of aromatic nitrogens is 3. The van der Waals surface area contributed by atoms with Gasteiger partial charge in [-0.25, -0.2) is 9.37 Å². The van der Waals surface area contributed by atoms with Gasteiger partial charge in [0.1, 0.15) is 17.3 Å². The van der Waals surface area contributed by atoms with Gasteiger partial charge in [-0.15, -0.1) is 0 Å². The van der Waals surface area contributed by atoms with Crippen LogP contribution in [0.4, 0.5) is 4.39 Å². The number of pyridine rings is 1. The van der Waals surface area contributed by atoms with Crippen LogP contribution < -0.4 is 5.73 Å². The summed E-state index contributed by atoms with van der Waals surface area (Å²) in [5.74, 6) is 0.781. The van der Waals surface area contributed by atoms with Crippen molar-refractivity contribution < 1.29 is 4.39 Å². The van der Waals surface area contributed by atoms with Crippen molar-refractivity contribution in [2.45, 2.75) is 32.6 Å². The number of H-pyrrole nitrogens is 1. The molecule has 3 N–H and O–H groups in total. The molecule has 102 valence electrons. The molecule has 0 radical (unpaired) electrons. The zero-order valence-corrected chi connectivity index (χ0v) is 11.3. The van der Waals surface area contributed by atoms with Crippen molar-refractivity contribution in [1.29, 1.82) is 0 Å². The standard InChI is InChI=1S/C14H19FN4/c1-3-4-10(7-16)14-18-9(2)13(19-14)12-6-5-11(15)8-17-12/h5-6,8,10H,3-4,7,16H2,1-2H3,(H,18,19). The Bertz CT molecular complexity index is 533. The van der Waals surface area contributed by atoms with E-state index in [4.69, 9.17) is 5.73 Å². The first-order chi connectivity index (χ1) is 9.15.